The maximum atomic E-state index is 5.70. The number of nitrogens with zero attached hydrogens (tertiary/aromatic N) is 1. The van der Waals surface area contributed by atoms with Crippen LogP contribution >= 0.6 is 0 Å². The largest absolute Gasteiger partial charge is 0.489 e. The second kappa shape index (κ2) is 7.46. The lowest BCUT2D eigenvalue weighted by molar-refractivity contribution is 0.168. The van der Waals surface area contributed by atoms with E-state index in [1.807, 2.05) is 12.1 Å². The Morgan fingerprint density at radius 2 is 2.25 bits per heavy atom. The molecule has 2 unspecified atom stereocenters. The summed E-state index contributed by atoms with van der Waals surface area (Å²) in [4.78, 5) is 2.43. The summed E-state index contributed by atoms with van der Waals surface area (Å²) in [7, 11) is 2.21. The van der Waals surface area contributed by atoms with Gasteiger partial charge in [-0.3, -0.25) is 0 Å². The highest BCUT2D eigenvalue weighted by Gasteiger charge is 2.22. The van der Waals surface area contributed by atoms with Gasteiger partial charge in [0.1, 0.15) is 12.4 Å². The molecule has 2 atom stereocenters. The first-order valence-electron chi connectivity index (χ1n) is 7.46. The highest BCUT2D eigenvalue weighted by Crippen LogP contribution is 2.20. The minimum absolute atomic E-state index is 0.558. The molecule has 1 aromatic carbocycles. The van der Waals surface area contributed by atoms with E-state index in [2.05, 4.69) is 42.9 Å². The van der Waals surface area contributed by atoms with E-state index in [4.69, 9.17) is 4.74 Å². The van der Waals surface area contributed by atoms with Gasteiger partial charge in [-0.1, -0.05) is 30.9 Å². The van der Waals surface area contributed by atoms with Gasteiger partial charge in [0.15, 0.2) is 0 Å². The van der Waals surface area contributed by atoms with Crippen molar-refractivity contribution in [2.75, 3.05) is 20.2 Å². The molecule has 2 rings (SSSR count). The van der Waals surface area contributed by atoms with Gasteiger partial charge in [-0.2, -0.15) is 0 Å². The standard InChI is InChI=1S/C17H26N2O/c1-4-11-20-17-8-6-5-7-15(17)13-18-16-9-10-19(3)14(2)12-16/h4-8,14,16,18H,1,9-13H2,2-3H3. The van der Waals surface area contributed by atoms with E-state index in [1.54, 1.807) is 6.08 Å². The fourth-order valence-corrected chi connectivity index (χ4v) is 2.67. The van der Waals surface area contributed by atoms with Crippen LogP contribution < -0.4 is 10.1 Å². The zero-order chi connectivity index (χ0) is 14.4. The molecule has 0 amide bonds. The predicted octanol–water partition coefficient (Wildman–Crippen LogP) is 2.82. The summed E-state index contributed by atoms with van der Waals surface area (Å²) in [5.74, 6) is 0.959. The monoisotopic (exact) mass is 274 g/mol. The van der Waals surface area contributed by atoms with E-state index < -0.39 is 0 Å². The van der Waals surface area contributed by atoms with E-state index in [0.29, 0.717) is 18.7 Å². The van der Waals surface area contributed by atoms with Crippen LogP contribution in [0.1, 0.15) is 25.3 Å². The molecule has 1 aliphatic heterocycles. The quantitative estimate of drug-likeness (QED) is 0.807. The van der Waals surface area contributed by atoms with Crippen LogP contribution in [-0.2, 0) is 6.54 Å². The Balaban J connectivity index is 1.89. The molecule has 1 aliphatic rings. The van der Waals surface area contributed by atoms with Crippen molar-refractivity contribution < 1.29 is 4.74 Å². The molecule has 1 fully saturated rings. The summed E-state index contributed by atoms with van der Waals surface area (Å²) in [5, 5.41) is 3.67. The third-order valence-corrected chi connectivity index (χ3v) is 4.12. The van der Waals surface area contributed by atoms with Crippen molar-refractivity contribution in [2.24, 2.45) is 0 Å². The number of rotatable bonds is 6. The zero-order valence-corrected chi connectivity index (χ0v) is 12.6. The first-order valence-corrected chi connectivity index (χ1v) is 7.46. The van der Waals surface area contributed by atoms with Crippen LogP contribution in [-0.4, -0.2) is 37.2 Å². The van der Waals surface area contributed by atoms with Gasteiger partial charge in [0.25, 0.3) is 0 Å². The minimum atomic E-state index is 0.558. The Bertz CT molecular complexity index is 433. The van der Waals surface area contributed by atoms with Gasteiger partial charge in [0.05, 0.1) is 0 Å². The highest BCUT2D eigenvalue weighted by atomic mass is 16.5. The first kappa shape index (κ1) is 15.1. The normalized spacial score (nSPS) is 23.5. The van der Waals surface area contributed by atoms with E-state index >= 15 is 0 Å². The molecule has 1 N–H and O–H groups in total. The van der Waals surface area contributed by atoms with Crippen molar-refractivity contribution in [1.82, 2.24) is 10.2 Å². The Morgan fingerprint density at radius 3 is 3.00 bits per heavy atom. The summed E-state index contributed by atoms with van der Waals surface area (Å²) < 4.78 is 5.70. The molecular formula is C17H26N2O. The summed E-state index contributed by atoms with van der Waals surface area (Å²) in [6, 6.07) is 9.50. The van der Waals surface area contributed by atoms with Gasteiger partial charge < -0.3 is 15.0 Å². The van der Waals surface area contributed by atoms with E-state index in [1.165, 1.54) is 24.9 Å². The Labute approximate surface area is 122 Å². The summed E-state index contributed by atoms with van der Waals surface area (Å²) in [5.41, 5.74) is 1.22. The number of hydrogen-bond donors (Lipinski definition) is 1. The summed E-state index contributed by atoms with van der Waals surface area (Å²) >= 11 is 0. The lowest BCUT2D eigenvalue weighted by Crippen LogP contribution is -2.45. The maximum absolute atomic E-state index is 5.70. The molecule has 20 heavy (non-hydrogen) atoms. The van der Waals surface area contributed by atoms with Crippen molar-refractivity contribution in [2.45, 2.75) is 38.4 Å². The second-order valence-electron chi connectivity index (χ2n) is 5.64. The molecule has 0 spiro atoms. The molecule has 0 aromatic heterocycles. The molecule has 1 heterocycles. The fourth-order valence-electron chi connectivity index (χ4n) is 2.67. The van der Waals surface area contributed by atoms with Crippen molar-refractivity contribution in [1.29, 1.82) is 0 Å². The predicted molar refractivity (Wildman–Crippen MR) is 84.1 cm³/mol. The summed E-state index contributed by atoms with van der Waals surface area (Å²) in [6.45, 7) is 8.60. The number of ether oxygens (including phenoxy) is 1. The van der Waals surface area contributed by atoms with Gasteiger partial charge in [-0.15, -0.1) is 0 Å². The number of hydrogen-bond acceptors (Lipinski definition) is 3. The average molecular weight is 274 g/mol. The van der Waals surface area contributed by atoms with Crippen molar-refractivity contribution in [3.63, 3.8) is 0 Å². The third kappa shape index (κ3) is 4.09. The minimum Gasteiger partial charge on any atom is -0.489 e. The number of para-hydroxylation sites is 1. The molecular weight excluding hydrogens is 248 g/mol. The van der Waals surface area contributed by atoms with Crippen LogP contribution in [0.3, 0.4) is 0 Å². The number of benzene rings is 1. The zero-order valence-electron chi connectivity index (χ0n) is 12.6. The van der Waals surface area contributed by atoms with E-state index in [0.717, 1.165) is 12.3 Å². The van der Waals surface area contributed by atoms with Gasteiger partial charge >= 0.3 is 0 Å². The third-order valence-electron chi connectivity index (χ3n) is 4.12. The van der Waals surface area contributed by atoms with Crippen LogP contribution in [0.5, 0.6) is 5.75 Å². The molecule has 0 radical (unpaired) electrons. The number of likely N-dealkylation sites (tertiary alicyclic amines) is 1. The van der Waals surface area contributed by atoms with E-state index in [-0.39, 0.29) is 0 Å². The van der Waals surface area contributed by atoms with Crippen LogP contribution in [0.15, 0.2) is 36.9 Å². The van der Waals surface area contributed by atoms with Crippen LogP contribution in [0, 0.1) is 0 Å². The van der Waals surface area contributed by atoms with Crippen LogP contribution in [0.2, 0.25) is 0 Å². The Kier molecular flexibility index (Phi) is 5.62. The van der Waals surface area contributed by atoms with Crippen molar-refractivity contribution in [3.05, 3.63) is 42.5 Å². The fraction of sp³-hybridized carbons (Fsp3) is 0.529. The van der Waals surface area contributed by atoms with Gasteiger partial charge in [0.2, 0.25) is 0 Å². The second-order valence-corrected chi connectivity index (χ2v) is 5.64. The average Bonchev–Trinajstić information content (AvgIpc) is 2.47. The van der Waals surface area contributed by atoms with Crippen LogP contribution in [0.25, 0.3) is 0 Å². The first-order chi connectivity index (χ1) is 9.70. The molecule has 0 bridgehead atoms. The summed E-state index contributed by atoms with van der Waals surface area (Å²) in [6.07, 6.45) is 4.21. The number of nitrogens with one attached hydrogen (secondary N) is 1. The lowest BCUT2D eigenvalue weighted by Gasteiger charge is -2.35. The highest BCUT2D eigenvalue weighted by molar-refractivity contribution is 5.33. The van der Waals surface area contributed by atoms with Crippen molar-refractivity contribution in [3.8, 4) is 5.75 Å². The molecule has 3 nitrogen and oxygen atoms in total. The SMILES string of the molecule is C=CCOc1ccccc1CNC1CCN(C)C(C)C1. The Hall–Kier alpha value is -1.32. The van der Waals surface area contributed by atoms with Gasteiger partial charge in [0, 0.05) is 24.2 Å². The maximum Gasteiger partial charge on any atom is 0.124 e. The molecule has 1 aromatic rings. The van der Waals surface area contributed by atoms with Gasteiger partial charge in [-0.25, -0.2) is 0 Å². The van der Waals surface area contributed by atoms with E-state index in [9.17, 15) is 0 Å². The van der Waals surface area contributed by atoms with Gasteiger partial charge in [-0.05, 0) is 39.4 Å². The topological polar surface area (TPSA) is 24.5 Å². The number of piperidine rings is 1. The molecule has 110 valence electrons. The molecule has 3 heteroatoms. The smallest absolute Gasteiger partial charge is 0.124 e. The van der Waals surface area contributed by atoms with Crippen molar-refractivity contribution >= 4 is 0 Å². The lowest BCUT2D eigenvalue weighted by atomic mass is 9.98. The molecule has 1 saturated heterocycles. The molecule has 0 aliphatic carbocycles. The molecule has 0 saturated carbocycles. The Morgan fingerprint density at radius 1 is 1.45 bits per heavy atom. The van der Waals surface area contributed by atoms with Crippen LogP contribution in [0.4, 0.5) is 0 Å².